The maximum Gasteiger partial charge on any atom is 0.238 e. The number of hydrogen-bond acceptors (Lipinski definition) is 3. The van der Waals surface area contributed by atoms with Crippen LogP contribution in [-0.2, 0) is 4.79 Å². The van der Waals surface area contributed by atoms with E-state index in [0.717, 1.165) is 23.4 Å². The van der Waals surface area contributed by atoms with Gasteiger partial charge in [0.1, 0.15) is 5.25 Å². The van der Waals surface area contributed by atoms with Crippen LogP contribution in [0.2, 0.25) is 0 Å². The highest BCUT2D eigenvalue weighted by molar-refractivity contribution is 8.00. The third kappa shape index (κ3) is 3.89. The van der Waals surface area contributed by atoms with Crippen molar-refractivity contribution in [1.29, 1.82) is 0 Å². The van der Waals surface area contributed by atoms with E-state index in [1.54, 1.807) is 6.20 Å². The lowest BCUT2D eigenvalue weighted by atomic mass is 10.1. The molecule has 0 saturated heterocycles. The number of rotatable bonds is 5. The first-order valence-electron chi connectivity index (χ1n) is 7.76. The van der Waals surface area contributed by atoms with E-state index in [1.165, 1.54) is 24.6 Å². The molecule has 3 nitrogen and oxygen atoms in total. The number of nitrogens with zero attached hydrogens (tertiary/aromatic N) is 1. The molecule has 0 spiro atoms. The molecule has 1 aliphatic carbocycles. The Bertz CT molecular complexity index is 597. The zero-order valence-electron chi connectivity index (χ0n) is 12.4. The predicted molar refractivity (Wildman–Crippen MR) is 89.7 cm³/mol. The molecule has 1 heterocycles. The van der Waals surface area contributed by atoms with Crippen LogP contribution in [0, 0.1) is 0 Å². The monoisotopic (exact) mass is 312 g/mol. The largest absolute Gasteiger partial charge is 0.352 e. The molecule has 1 amide bonds. The van der Waals surface area contributed by atoms with Crippen LogP contribution in [0.1, 0.15) is 36.5 Å². The number of carbonyl (C=O) groups excluding carboxylic acids is 1. The van der Waals surface area contributed by atoms with E-state index < -0.39 is 0 Å². The molecule has 1 atom stereocenters. The highest BCUT2D eigenvalue weighted by atomic mass is 32.2. The number of nitrogens with one attached hydrogen (secondary N) is 1. The Labute approximate surface area is 135 Å². The molecule has 4 heteroatoms. The van der Waals surface area contributed by atoms with Crippen LogP contribution >= 0.6 is 11.8 Å². The Kier molecular flexibility index (Phi) is 5.11. The Balaban J connectivity index is 1.77. The van der Waals surface area contributed by atoms with Crippen molar-refractivity contribution in [3.05, 3.63) is 60.3 Å². The van der Waals surface area contributed by atoms with Crippen molar-refractivity contribution in [2.24, 2.45) is 0 Å². The summed E-state index contributed by atoms with van der Waals surface area (Å²) in [4.78, 5) is 17.1. The second kappa shape index (κ2) is 7.45. The van der Waals surface area contributed by atoms with Gasteiger partial charge in [0, 0.05) is 12.2 Å². The van der Waals surface area contributed by atoms with Gasteiger partial charge in [0.05, 0.1) is 5.03 Å². The summed E-state index contributed by atoms with van der Waals surface area (Å²) in [5.74, 6) is 0.0914. The SMILES string of the molecule is O=C(NC1CCCC1)C(Sc1ccccn1)c1ccccc1. The molecular formula is C18H20N2OS. The standard InChI is InChI=1S/C18H20N2OS/c21-18(20-15-10-4-5-11-15)17(14-8-2-1-3-9-14)22-16-12-6-7-13-19-16/h1-3,6-9,12-13,15,17H,4-5,10-11H2,(H,20,21). The van der Waals surface area contributed by atoms with Crippen LogP contribution in [0.3, 0.4) is 0 Å². The average molecular weight is 312 g/mol. The maximum absolute atomic E-state index is 12.7. The molecular weight excluding hydrogens is 292 g/mol. The van der Waals surface area contributed by atoms with E-state index in [0.29, 0.717) is 6.04 Å². The van der Waals surface area contributed by atoms with Gasteiger partial charge in [0.2, 0.25) is 5.91 Å². The molecule has 1 fully saturated rings. The third-order valence-electron chi connectivity index (χ3n) is 3.92. The lowest BCUT2D eigenvalue weighted by Crippen LogP contribution is -2.35. The fourth-order valence-electron chi connectivity index (χ4n) is 2.79. The van der Waals surface area contributed by atoms with Gasteiger partial charge >= 0.3 is 0 Å². The van der Waals surface area contributed by atoms with E-state index in [4.69, 9.17) is 0 Å². The number of aromatic nitrogens is 1. The number of amides is 1. The zero-order valence-corrected chi connectivity index (χ0v) is 13.3. The minimum atomic E-state index is -0.253. The summed E-state index contributed by atoms with van der Waals surface area (Å²) in [5, 5.41) is 3.83. The summed E-state index contributed by atoms with van der Waals surface area (Å²) >= 11 is 1.51. The lowest BCUT2D eigenvalue weighted by Gasteiger charge is -2.19. The van der Waals surface area contributed by atoms with E-state index in [-0.39, 0.29) is 11.2 Å². The van der Waals surface area contributed by atoms with Gasteiger partial charge in [-0.15, -0.1) is 0 Å². The number of thioether (sulfide) groups is 1. The van der Waals surface area contributed by atoms with E-state index in [1.807, 2.05) is 48.5 Å². The van der Waals surface area contributed by atoms with Crippen LogP contribution in [0.5, 0.6) is 0 Å². The Morgan fingerprint density at radius 1 is 1.09 bits per heavy atom. The second-order valence-corrected chi connectivity index (χ2v) is 6.69. The molecule has 0 aliphatic heterocycles. The van der Waals surface area contributed by atoms with Gasteiger partial charge in [-0.1, -0.05) is 61.0 Å². The highest BCUT2D eigenvalue weighted by Crippen LogP contribution is 2.34. The van der Waals surface area contributed by atoms with Gasteiger partial charge in [-0.05, 0) is 30.5 Å². The summed E-state index contributed by atoms with van der Waals surface area (Å²) in [6.45, 7) is 0. The van der Waals surface area contributed by atoms with Crippen LogP contribution < -0.4 is 5.32 Å². The Morgan fingerprint density at radius 2 is 1.82 bits per heavy atom. The van der Waals surface area contributed by atoms with E-state index in [9.17, 15) is 4.79 Å². The molecule has 0 radical (unpaired) electrons. The summed E-state index contributed by atoms with van der Waals surface area (Å²) in [5.41, 5.74) is 1.02. The quantitative estimate of drug-likeness (QED) is 0.849. The number of benzene rings is 1. The summed E-state index contributed by atoms with van der Waals surface area (Å²) in [6.07, 6.45) is 6.39. The van der Waals surface area contributed by atoms with E-state index in [2.05, 4.69) is 10.3 Å². The average Bonchev–Trinajstić information content (AvgIpc) is 3.07. The summed E-state index contributed by atoms with van der Waals surface area (Å²) < 4.78 is 0. The molecule has 1 aromatic heterocycles. The first-order valence-corrected chi connectivity index (χ1v) is 8.64. The Hall–Kier alpha value is -1.81. The van der Waals surface area contributed by atoms with Crippen molar-refractivity contribution in [3.8, 4) is 0 Å². The van der Waals surface area contributed by atoms with Gasteiger partial charge in [0.15, 0.2) is 0 Å². The van der Waals surface area contributed by atoms with Crippen molar-refractivity contribution in [2.45, 2.75) is 42.0 Å². The molecule has 1 unspecified atom stereocenters. The topological polar surface area (TPSA) is 42.0 Å². The molecule has 1 saturated carbocycles. The van der Waals surface area contributed by atoms with Crippen LogP contribution in [0.15, 0.2) is 59.8 Å². The third-order valence-corrected chi connectivity index (χ3v) is 5.12. The van der Waals surface area contributed by atoms with Crippen molar-refractivity contribution >= 4 is 17.7 Å². The first-order chi connectivity index (χ1) is 10.8. The van der Waals surface area contributed by atoms with Gasteiger partial charge < -0.3 is 5.32 Å². The fraction of sp³-hybridized carbons (Fsp3) is 0.333. The minimum absolute atomic E-state index is 0.0914. The van der Waals surface area contributed by atoms with Crippen LogP contribution in [0.25, 0.3) is 0 Å². The molecule has 1 aliphatic rings. The zero-order chi connectivity index (χ0) is 15.2. The molecule has 2 aromatic rings. The van der Waals surface area contributed by atoms with Crippen LogP contribution in [-0.4, -0.2) is 16.9 Å². The first kappa shape index (κ1) is 15.1. The van der Waals surface area contributed by atoms with Gasteiger partial charge in [-0.3, -0.25) is 4.79 Å². The lowest BCUT2D eigenvalue weighted by molar-refractivity contribution is -0.121. The molecule has 3 rings (SSSR count). The molecule has 1 aromatic carbocycles. The Morgan fingerprint density at radius 3 is 2.50 bits per heavy atom. The second-order valence-electron chi connectivity index (χ2n) is 5.57. The molecule has 1 N–H and O–H groups in total. The van der Waals surface area contributed by atoms with E-state index >= 15 is 0 Å². The molecule has 114 valence electrons. The van der Waals surface area contributed by atoms with Crippen LogP contribution in [0.4, 0.5) is 0 Å². The van der Waals surface area contributed by atoms with Gasteiger partial charge in [-0.25, -0.2) is 4.98 Å². The summed E-state index contributed by atoms with van der Waals surface area (Å²) in [7, 11) is 0. The van der Waals surface area contributed by atoms with Crippen molar-refractivity contribution < 1.29 is 4.79 Å². The smallest absolute Gasteiger partial charge is 0.238 e. The molecule has 22 heavy (non-hydrogen) atoms. The maximum atomic E-state index is 12.7. The number of carbonyl (C=O) groups is 1. The van der Waals surface area contributed by atoms with Crippen molar-refractivity contribution in [3.63, 3.8) is 0 Å². The highest BCUT2D eigenvalue weighted by Gasteiger charge is 2.26. The normalized spacial score (nSPS) is 16.4. The predicted octanol–water partition coefficient (Wildman–Crippen LogP) is 3.97. The van der Waals surface area contributed by atoms with Crippen molar-refractivity contribution in [1.82, 2.24) is 10.3 Å². The van der Waals surface area contributed by atoms with Gasteiger partial charge in [-0.2, -0.15) is 0 Å². The number of pyridine rings is 1. The summed E-state index contributed by atoms with van der Waals surface area (Å²) in [6, 6.07) is 16.1. The fourth-order valence-corrected chi connectivity index (χ4v) is 3.77. The minimum Gasteiger partial charge on any atom is -0.352 e. The van der Waals surface area contributed by atoms with Crippen molar-refractivity contribution in [2.75, 3.05) is 0 Å². The van der Waals surface area contributed by atoms with Gasteiger partial charge in [0.25, 0.3) is 0 Å². The number of hydrogen-bond donors (Lipinski definition) is 1. The molecule has 0 bridgehead atoms.